The van der Waals surface area contributed by atoms with E-state index in [9.17, 15) is 4.39 Å². The van der Waals surface area contributed by atoms with Crippen molar-refractivity contribution in [2.45, 2.75) is 32.9 Å². The molecule has 4 rings (SSSR count). The summed E-state index contributed by atoms with van der Waals surface area (Å²) in [6, 6.07) is 22.9. The van der Waals surface area contributed by atoms with Crippen LogP contribution >= 0.6 is 0 Å². The van der Waals surface area contributed by atoms with Gasteiger partial charge in [0.1, 0.15) is 24.0 Å². The van der Waals surface area contributed by atoms with Crippen molar-refractivity contribution in [1.82, 2.24) is 9.55 Å². The second kappa shape index (κ2) is 7.85. The smallest absolute Gasteiger partial charge is 0.148 e. The summed E-state index contributed by atoms with van der Waals surface area (Å²) in [4.78, 5) is 4.71. The predicted molar refractivity (Wildman–Crippen MR) is 110 cm³/mol. The summed E-state index contributed by atoms with van der Waals surface area (Å²) in [5, 5.41) is 0. The lowest BCUT2D eigenvalue weighted by molar-refractivity contribution is 0.291. The predicted octanol–water partition coefficient (Wildman–Crippen LogP) is 5.93. The van der Waals surface area contributed by atoms with Crippen molar-refractivity contribution in [2.75, 3.05) is 0 Å². The Hall–Kier alpha value is -3.14. The summed E-state index contributed by atoms with van der Waals surface area (Å²) in [5.74, 6) is 1.85. The number of halogens is 1. The second-order valence-electron chi connectivity index (χ2n) is 7.21. The Bertz CT molecular complexity index is 1080. The van der Waals surface area contributed by atoms with E-state index in [-0.39, 0.29) is 5.82 Å². The number of para-hydroxylation sites is 2. The molecule has 0 bridgehead atoms. The van der Waals surface area contributed by atoms with Crippen LogP contribution in [0.3, 0.4) is 0 Å². The van der Waals surface area contributed by atoms with E-state index in [1.54, 1.807) is 12.1 Å². The van der Waals surface area contributed by atoms with Gasteiger partial charge in [-0.3, -0.25) is 0 Å². The Labute approximate surface area is 164 Å². The molecule has 0 N–H and O–H groups in total. The molecular formula is C24H23FN2O. The molecule has 3 aromatic carbocycles. The number of nitrogens with zero attached hydrogens (tertiary/aromatic N) is 2. The van der Waals surface area contributed by atoms with Crippen LogP contribution in [-0.4, -0.2) is 9.55 Å². The molecule has 1 aromatic heterocycles. The van der Waals surface area contributed by atoms with Crippen LogP contribution in [-0.2, 0) is 13.2 Å². The van der Waals surface area contributed by atoms with E-state index < -0.39 is 0 Å². The monoisotopic (exact) mass is 374 g/mol. The summed E-state index contributed by atoms with van der Waals surface area (Å²) < 4.78 is 22.2. The molecule has 142 valence electrons. The van der Waals surface area contributed by atoms with Gasteiger partial charge in [-0.1, -0.05) is 56.3 Å². The highest BCUT2D eigenvalue weighted by atomic mass is 19.1. The first-order chi connectivity index (χ1) is 13.6. The molecule has 0 radical (unpaired) electrons. The number of hydrogen-bond donors (Lipinski definition) is 0. The van der Waals surface area contributed by atoms with Gasteiger partial charge in [0.25, 0.3) is 0 Å². The van der Waals surface area contributed by atoms with Gasteiger partial charge in [-0.15, -0.1) is 0 Å². The topological polar surface area (TPSA) is 27.1 Å². The van der Waals surface area contributed by atoms with E-state index in [4.69, 9.17) is 9.72 Å². The maximum absolute atomic E-state index is 14.2. The van der Waals surface area contributed by atoms with Crippen LogP contribution in [0.1, 0.15) is 36.7 Å². The summed E-state index contributed by atoms with van der Waals surface area (Å²) in [6.07, 6.45) is 0. The van der Waals surface area contributed by atoms with Gasteiger partial charge in [-0.05, 0) is 41.8 Å². The maximum Gasteiger partial charge on any atom is 0.148 e. The molecule has 28 heavy (non-hydrogen) atoms. The van der Waals surface area contributed by atoms with Crippen molar-refractivity contribution >= 4 is 11.0 Å². The molecule has 3 nitrogen and oxygen atoms in total. The van der Waals surface area contributed by atoms with Gasteiger partial charge in [0, 0.05) is 5.56 Å². The standard InChI is InChI=1S/C24H23FN2O/c1-17(2)18-11-13-20(14-12-18)28-16-24-26-22-9-5-6-10-23(22)27(24)15-19-7-3-4-8-21(19)25/h3-14,17H,15-16H2,1-2H3. The Morgan fingerprint density at radius 3 is 2.39 bits per heavy atom. The molecule has 1 heterocycles. The SMILES string of the molecule is CC(C)c1ccc(OCc2nc3ccccc3n2Cc2ccccc2F)cc1. The van der Waals surface area contributed by atoms with Gasteiger partial charge in [-0.25, -0.2) is 9.37 Å². The molecule has 0 saturated heterocycles. The number of imidazole rings is 1. The van der Waals surface area contributed by atoms with Crippen molar-refractivity contribution in [3.05, 3.63) is 95.6 Å². The first kappa shape index (κ1) is 18.2. The second-order valence-corrected chi connectivity index (χ2v) is 7.21. The fraction of sp³-hybridized carbons (Fsp3) is 0.208. The third kappa shape index (κ3) is 3.77. The van der Waals surface area contributed by atoms with Crippen molar-refractivity contribution in [2.24, 2.45) is 0 Å². The van der Waals surface area contributed by atoms with Gasteiger partial charge < -0.3 is 9.30 Å². The number of hydrogen-bond acceptors (Lipinski definition) is 2. The van der Waals surface area contributed by atoms with Crippen LogP contribution in [0.15, 0.2) is 72.8 Å². The van der Waals surface area contributed by atoms with Gasteiger partial charge in [0.15, 0.2) is 0 Å². The van der Waals surface area contributed by atoms with E-state index in [0.717, 1.165) is 22.6 Å². The molecule has 0 spiro atoms. The summed E-state index contributed by atoms with van der Waals surface area (Å²) in [7, 11) is 0. The Balaban J connectivity index is 1.62. The van der Waals surface area contributed by atoms with E-state index in [0.29, 0.717) is 24.6 Å². The van der Waals surface area contributed by atoms with E-state index in [1.165, 1.54) is 11.6 Å². The molecule has 0 unspecified atom stereocenters. The van der Waals surface area contributed by atoms with Crippen molar-refractivity contribution < 1.29 is 9.13 Å². The van der Waals surface area contributed by atoms with E-state index in [1.807, 2.05) is 47.0 Å². The molecule has 0 aliphatic heterocycles. The van der Waals surface area contributed by atoms with Crippen LogP contribution in [0.5, 0.6) is 5.75 Å². The van der Waals surface area contributed by atoms with E-state index >= 15 is 0 Å². The summed E-state index contributed by atoms with van der Waals surface area (Å²) in [5.41, 5.74) is 3.76. The minimum absolute atomic E-state index is 0.212. The third-order valence-electron chi connectivity index (χ3n) is 4.93. The van der Waals surface area contributed by atoms with E-state index in [2.05, 4.69) is 26.0 Å². The van der Waals surface area contributed by atoms with Gasteiger partial charge in [0.05, 0.1) is 17.6 Å². The van der Waals surface area contributed by atoms with Crippen LogP contribution in [0, 0.1) is 5.82 Å². The molecule has 0 amide bonds. The first-order valence-corrected chi connectivity index (χ1v) is 9.52. The highest BCUT2D eigenvalue weighted by Gasteiger charge is 2.13. The summed E-state index contributed by atoms with van der Waals surface area (Å²) >= 11 is 0. The molecule has 0 atom stereocenters. The highest BCUT2D eigenvalue weighted by molar-refractivity contribution is 5.76. The lowest BCUT2D eigenvalue weighted by Crippen LogP contribution is -2.09. The Kier molecular flexibility index (Phi) is 5.11. The maximum atomic E-state index is 14.2. The first-order valence-electron chi connectivity index (χ1n) is 9.52. The Morgan fingerprint density at radius 1 is 0.929 bits per heavy atom. The number of aromatic nitrogens is 2. The zero-order valence-corrected chi connectivity index (χ0v) is 16.1. The zero-order chi connectivity index (χ0) is 19.5. The van der Waals surface area contributed by atoms with Gasteiger partial charge >= 0.3 is 0 Å². The zero-order valence-electron chi connectivity index (χ0n) is 16.1. The lowest BCUT2D eigenvalue weighted by Gasteiger charge is -2.12. The van der Waals surface area contributed by atoms with Crippen molar-refractivity contribution in [3.63, 3.8) is 0 Å². The van der Waals surface area contributed by atoms with Crippen LogP contribution in [0.2, 0.25) is 0 Å². The number of ether oxygens (including phenoxy) is 1. The minimum atomic E-state index is -0.212. The Morgan fingerprint density at radius 2 is 1.64 bits per heavy atom. The molecule has 4 heteroatoms. The fourth-order valence-electron chi connectivity index (χ4n) is 3.31. The molecule has 0 fully saturated rings. The average molecular weight is 374 g/mol. The van der Waals surface area contributed by atoms with Gasteiger partial charge in [0.2, 0.25) is 0 Å². The van der Waals surface area contributed by atoms with Crippen molar-refractivity contribution in [3.8, 4) is 5.75 Å². The average Bonchev–Trinajstić information content (AvgIpc) is 3.06. The summed E-state index contributed by atoms with van der Waals surface area (Å²) in [6.45, 7) is 5.07. The molecule has 4 aromatic rings. The van der Waals surface area contributed by atoms with Crippen molar-refractivity contribution in [1.29, 1.82) is 0 Å². The van der Waals surface area contributed by atoms with Crippen LogP contribution < -0.4 is 4.74 Å². The number of fused-ring (bicyclic) bond motifs is 1. The number of rotatable bonds is 6. The fourth-order valence-corrected chi connectivity index (χ4v) is 3.31. The lowest BCUT2D eigenvalue weighted by atomic mass is 10.0. The minimum Gasteiger partial charge on any atom is -0.486 e. The third-order valence-corrected chi connectivity index (χ3v) is 4.93. The van der Waals surface area contributed by atoms with Crippen LogP contribution in [0.4, 0.5) is 4.39 Å². The number of benzene rings is 3. The quantitative estimate of drug-likeness (QED) is 0.418. The molecule has 0 aliphatic carbocycles. The highest BCUT2D eigenvalue weighted by Crippen LogP contribution is 2.22. The molecular weight excluding hydrogens is 351 g/mol. The molecule has 0 aliphatic rings. The largest absolute Gasteiger partial charge is 0.486 e. The van der Waals surface area contributed by atoms with Crippen LogP contribution in [0.25, 0.3) is 11.0 Å². The van der Waals surface area contributed by atoms with Gasteiger partial charge in [-0.2, -0.15) is 0 Å². The molecule has 0 saturated carbocycles. The normalized spacial score (nSPS) is 11.3.